The van der Waals surface area contributed by atoms with Gasteiger partial charge in [0, 0.05) is 48.4 Å². The number of para-hydroxylation sites is 1. The molecule has 3 aromatic rings. The molecule has 1 aliphatic heterocycles. The van der Waals surface area contributed by atoms with Crippen molar-refractivity contribution in [1.29, 1.82) is 0 Å². The summed E-state index contributed by atoms with van der Waals surface area (Å²) < 4.78 is 33.5. The third-order valence-electron chi connectivity index (χ3n) is 5.47. The molecule has 0 radical (unpaired) electrons. The highest BCUT2D eigenvalue weighted by molar-refractivity contribution is 7.89. The number of anilines is 1. The number of aromatic nitrogens is 3. The number of piperidine rings is 1. The first-order chi connectivity index (χ1) is 14.9. The maximum Gasteiger partial charge on any atom is 0.246 e. The fourth-order valence-corrected chi connectivity index (χ4v) is 5.61. The number of benzene rings is 1. The molecule has 0 spiro atoms. The number of nitrogens with zero attached hydrogens (tertiary/aromatic N) is 4. The summed E-state index contributed by atoms with van der Waals surface area (Å²) in [4.78, 5) is 13.0. The van der Waals surface area contributed by atoms with Gasteiger partial charge in [-0.1, -0.05) is 12.1 Å². The molecule has 1 fully saturated rings. The molecule has 0 amide bonds. The van der Waals surface area contributed by atoms with Gasteiger partial charge in [0.05, 0.1) is 7.11 Å². The van der Waals surface area contributed by atoms with Crippen LogP contribution >= 0.6 is 0 Å². The molecule has 0 saturated carbocycles. The standard InChI is InChI=1S/C22H25N5O3S/c1-15-10-17(18-12-24-22(23)25-13-18)11-19(26-15)16-6-5-9-27(14-16)31(28,29)21-8-4-3-7-20(21)30-2/h3-4,7-8,10-13,16H,5-6,9,14H2,1-2H3,(H2,23,24,25). The fraction of sp³-hybridized carbons (Fsp3) is 0.318. The SMILES string of the molecule is COc1ccccc1S(=O)(=O)N1CCCC(c2cc(-c3cnc(N)nc3)cc(C)n2)C1. The summed E-state index contributed by atoms with van der Waals surface area (Å²) in [5.74, 6) is 0.565. The molecule has 1 unspecified atom stereocenters. The highest BCUT2D eigenvalue weighted by Crippen LogP contribution is 2.33. The van der Waals surface area contributed by atoms with Crippen molar-refractivity contribution in [3.63, 3.8) is 0 Å². The normalized spacial score (nSPS) is 17.4. The van der Waals surface area contributed by atoms with Crippen LogP contribution in [0.3, 0.4) is 0 Å². The summed E-state index contributed by atoms with van der Waals surface area (Å²) >= 11 is 0. The molecule has 8 nitrogen and oxygen atoms in total. The van der Waals surface area contributed by atoms with Crippen molar-refractivity contribution in [1.82, 2.24) is 19.3 Å². The first-order valence-corrected chi connectivity index (χ1v) is 11.5. The molecule has 1 atom stereocenters. The van der Waals surface area contributed by atoms with Gasteiger partial charge >= 0.3 is 0 Å². The summed E-state index contributed by atoms with van der Waals surface area (Å²) in [5.41, 5.74) is 9.10. The van der Waals surface area contributed by atoms with Crippen LogP contribution in [0.1, 0.15) is 30.1 Å². The Morgan fingerprint density at radius 2 is 1.87 bits per heavy atom. The zero-order chi connectivity index (χ0) is 22.0. The number of methoxy groups -OCH3 is 1. The Bertz CT molecular complexity index is 1180. The Morgan fingerprint density at radius 1 is 1.13 bits per heavy atom. The Hall–Kier alpha value is -3.04. The largest absolute Gasteiger partial charge is 0.495 e. The average molecular weight is 440 g/mol. The third kappa shape index (κ3) is 4.38. The summed E-state index contributed by atoms with van der Waals surface area (Å²) in [6.45, 7) is 2.77. The number of nitrogen functional groups attached to an aromatic ring is 1. The minimum absolute atomic E-state index is 0.00779. The van der Waals surface area contributed by atoms with E-state index in [-0.39, 0.29) is 16.8 Å². The monoisotopic (exact) mass is 439 g/mol. The molecular weight excluding hydrogens is 414 g/mol. The highest BCUT2D eigenvalue weighted by atomic mass is 32.2. The van der Waals surface area contributed by atoms with Crippen molar-refractivity contribution in [3.05, 3.63) is 60.2 Å². The minimum Gasteiger partial charge on any atom is -0.495 e. The Balaban J connectivity index is 1.64. The van der Waals surface area contributed by atoms with Gasteiger partial charge in [-0.25, -0.2) is 18.4 Å². The second kappa shape index (κ2) is 8.60. The van der Waals surface area contributed by atoms with Crippen LogP contribution < -0.4 is 10.5 Å². The topological polar surface area (TPSA) is 111 Å². The fourth-order valence-electron chi connectivity index (χ4n) is 3.93. The molecule has 1 saturated heterocycles. The van der Waals surface area contributed by atoms with Crippen LogP contribution in [0, 0.1) is 6.92 Å². The second-order valence-corrected chi connectivity index (χ2v) is 9.51. The van der Waals surface area contributed by atoms with Crippen LogP contribution in [0.2, 0.25) is 0 Å². The lowest BCUT2D eigenvalue weighted by molar-refractivity contribution is 0.310. The second-order valence-electron chi connectivity index (χ2n) is 7.61. The highest BCUT2D eigenvalue weighted by Gasteiger charge is 2.33. The van der Waals surface area contributed by atoms with Gasteiger partial charge in [-0.2, -0.15) is 4.31 Å². The van der Waals surface area contributed by atoms with E-state index in [1.165, 1.54) is 11.4 Å². The lowest BCUT2D eigenvalue weighted by Crippen LogP contribution is -2.39. The molecular formula is C22H25N5O3S. The van der Waals surface area contributed by atoms with E-state index in [0.717, 1.165) is 35.4 Å². The van der Waals surface area contributed by atoms with Gasteiger partial charge in [-0.15, -0.1) is 0 Å². The summed E-state index contributed by atoms with van der Waals surface area (Å²) in [7, 11) is -2.20. The summed E-state index contributed by atoms with van der Waals surface area (Å²) in [5, 5.41) is 0. The van der Waals surface area contributed by atoms with E-state index in [1.54, 1.807) is 36.7 Å². The Morgan fingerprint density at radius 3 is 2.61 bits per heavy atom. The van der Waals surface area contributed by atoms with Crippen LogP contribution in [0.5, 0.6) is 5.75 Å². The molecule has 0 bridgehead atoms. The van der Waals surface area contributed by atoms with Crippen molar-refractivity contribution in [2.45, 2.75) is 30.6 Å². The molecule has 31 heavy (non-hydrogen) atoms. The summed E-state index contributed by atoms with van der Waals surface area (Å²) in [6.07, 6.45) is 4.99. The molecule has 1 aromatic carbocycles. The molecule has 9 heteroatoms. The molecule has 1 aliphatic rings. The molecule has 2 N–H and O–H groups in total. The van der Waals surface area contributed by atoms with E-state index in [0.29, 0.717) is 18.8 Å². The lowest BCUT2D eigenvalue weighted by Gasteiger charge is -2.32. The number of sulfonamides is 1. The Labute approximate surface area is 182 Å². The summed E-state index contributed by atoms with van der Waals surface area (Å²) in [6, 6.07) is 10.7. The maximum absolute atomic E-state index is 13.3. The van der Waals surface area contributed by atoms with Crippen molar-refractivity contribution in [2.75, 3.05) is 25.9 Å². The molecule has 4 rings (SSSR count). The zero-order valence-electron chi connectivity index (χ0n) is 17.5. The van der Waals surface area contributed by atoms with E-state index in [9.17, 15) is 8.42 Å². The van der Waals surface area contributed by atoms with E-state index in [2.05, 4.69) is 9.97 Å². The van der Waals surface area contributed by atoms with E-state index in [1.807, 2.05) is 19.1 Å². The number of nitrogens with two attached hydrogens (primary N) is 1. The van der Waals surface area contributed by atoms with Gasteiger partial charge in [0.15, 0.2) is 0 Å². The van der Waals surface area contributed by atoms with Crippen LogP contribution in [0.4, 0.5) is 5.95 Å². The first-order valence-electron chi connectivity index (χ1n) is 10.1. The van der Waals surface area contributed by atoms with Gasteiger partial charge in [0.2, 0.25) is 16.0 Å². The number of ether oxygens (including phenoxy) is 1. The third-order valence-corrected chi connectivity index (χ3v) is 7.37. The number of rotatable bonds is 5. The van der Waals surface area contributed by atoms with E-state index in [4.69, 9.17) is 15.5 Å². The van der Waals surface area contributed by atoms with Gasteiger partial charge < -0.3 is 10.5 Å². The lowest BCUT2D eigenvalue weighted by atomic mass is 9.93. The predicted octanol–water partition coefficient (Wildman–Crippen LogP) is 3.01. The number of aryl methyl sites for hydroxylation is 1. The quantitative estimate of drug-likeness (QED) is 0.650. The predicted molar refractivity (Wildman–Crippen MR) is 118 cm³/mol. The van der Waals surface area contributed by atoms with Gasteiger partial charge in [0.1, 0.15) is 10.6 Å². The number of pyridine rings is 1. The smallest absolute Gasteiger partial charge is 0.246 e. The van der Waals surface area contributed by atoms with Crippen LogP contribution in [-0.2, 0) is 10.0 Å². The minimum atomic E-state index is -3.68. The van der Waals surface area contributed by atoms with Gasteiger partial charge in [-0.3, -0.25) is 4.98 Å². The van der Waals surface area contributed by atoms with Crippen LogP contribution in [-0.4, -0.2) is 47.9 Å². The van der Waals surface area contributed by atoms with Gasteiger partial charge in [0.25, 0.3) is 0 Å². The molecule has 162 valence electrons. The zero-order valence-corrected chi connectivity index (χ0v) is 18.3. The number of hydrogen-bond acceptors (Lipinski definition) is 7. The van der Waals surface area contributed by atoms with Gasteiger partial charge in [-0.05, 0) is 49.6 Å². The van der Waals surface area contributed by atoms with Crippen molar-refractivity contribution < 1.29 is 13.2 Å². The average Bonchev–Trinajstić information content (AvgIpc) is 2.79. The van der Waals surface area contributed by atoms with Crippen LogP contribution in [0.15, 0.2) is 53.7 Å². The van der Waals surface area contributed by atoms with Crippen molar-refractivity contribution >= 4 is 16.0 Å². The van der Waals surface area contributed by atoms with Crippen LogP contribution in [0.25, 0.3) is 11.1 Å². The Kier molecular flexibility index (Phi) is 5.88. The number of hydrogen-bond donors (Lipinski definition) is 1. The van der Waals surface area contributed by atoms with Crippen molar-refractivity contribution in [3.8, 4) is 16.9 Å². The first kappa shape index (κ1) is 21.2. The molecule has 0 aliphatic carbocycles. The molecule has 3 heterocycles. The van der Waals surface area contributed by atoms with E-state index >= 15 is 0 Å². The maximum atomic E-state index is 13.3. The van der Waals surface area contributed by atoms with Crippen molar-refractivity contribution in [2.24, 2.45) is 0 Å². The van der Waals surface area contributed by atoms with E-state index < -0.39 is 10.0 Å². The molecule has 2 aromatic heterocycles.